The molecule has 0 amide bonds. The Morgan fingerprint density at radius 3 is 2.76 bits per heavy atom. The summed E-state index contributed by atoms with van der Waals surface area (Å²) >= 11 is 0. The largest absolute Gasteiger partial charge is 0.421 e. The third-order valence-corrected chi connectivity index (χ3v) is 2.30. The van der Waals surface area contributed by atoms with E-state index >= 15 is 0 Å². The van der Waals surface area contributed by atoms with E-state index in [0.717, 1.165) is 13.0 Å². The second kappa shape index (κ2) is 8.16. The van der Waals surface area contributed by atoms with E-state index in [4.69, 9.17) is 13.9 Å². The number of nitrogens with zero attached hydrogens (tertiary/aromatic N) is 2. The molecule has 98 valence electrons. The molecule has 1 aromatic heterocycles. The molecule has 0 fully saturated rings. The molecule has 0 bridgehead atoms. The van der Waals surface area contributed by atoms with Crippen molar-refractivity contribution in [2.24, 2.45) is 0 Å². The van der Waals surface area contributed by atoms with Gasteiger partial charge in [0.1, 0.15) is 6.61 Å². The van der Waals surface area contributed by atoms with Gasteiger partial charge in [0.15, 0.2) is 0 Å². The predicted molar refractivity (Wildman–Crippen MR) is 62.5 cm³/mol. The SMILES string of the molecule is CCNC(CC)c1nnc(COCCOC)o1. The molecule has 17 heavy (non-hydrogen) atoms. The summed E-state index contributed by atoms with van der Waals surface area (Å²) in [5, 5.41) is 11.2. The average Bonchev–Trinajstić information content (AvgIpc) is 2.80. The zero-order valence-electron chi connectivity index (χ0n) is 10.7. The quantitative estimate of drug-likeness (QED) is 0.659. The van der Waals surface area contributed by atoms with Gasteiger partial charge in [0.05, 0.1) is 19.3 Å². The molecule has 1 unspecified atom stereocenters. The fourth-order valence-corrected chi connectivity index (χ4v) is 1.42. The predicted octanol–water partition coefficient (Wildman–Crippen LogP) is 1.29. The zero-order valence-corrected chi connectivity index (χ0v) is 10.7. The van der Waals surface area contributed by atoms with Crippen molar-refractivity contribution in [1.82, 2.24) is 15.5 Å². The average molecular weight is 243 g/mol. The van der Waals surface area contributed by atoms with Crippen LogP contribution < -0.4 is 5.32 Å². The molecule has 1 atom stereocenters. The van der Waals surface area contributed by atoms with Crippen LogP contribution >= 0.6 is 0 Å². The Bertz CT molecular complexity index is 304. The summed E-state index contributed by atoms with van der Waals surface area (Å²) in [5.41, 5.74) is 0. The van der Waals surface area contributed by atoms with Crippen molar-refractivity contribution in [3.63, 3.8) is 0 Å². The van der Waals surface area contributed by atoms with E-state index in [-0.39, 0.29) is 6.04 Å². The first-order valence-electron chi connectivity index (χ1n) is 5.94. The molecule has 1 rings (SSSR count). The van der Waals surface area contributed by atoms with E-state index in [1.54, 1.807) is 7.11 Å². The van der Waals surface area contributed by atoms with Gasteiger partial charge < -0.3 is 19.2 Å². The van der Waals surface area contributed by atoms with Gasteiger partial charge in [0.25, 0.3) is 0 Å². The molecule has 0 aliphatic rings. The summed E-state index contributed by atoms with van der Waals surface area (Å²) in [7, 11) is 1.64. The van der Waals surface area contributed by atoms with Gasteiger partial charge in [0.2, 0.25) is 11.8 Å². The van der Waals surface area contributed by atoms with Crippen LogP contribution in [0.25, 0.3) is 0 Å². The van der Waals surface area contributed by atoms with Crippen LogP contribution in [0.4, 0.5) is 0 Å². The fraction of sp³-hybridized carbons (Fsp3) is 0.818. The Balaban J connectivity index is 2.40. The molecule has 1 aromatic rings. The van der Waals surface area contributed by atoms with E-state index < -0.39 is 0 Å². The smallest absolute Gasteiger partial charge is 0.242 e. The summed E-state index contributed by atoms with van der Waals surface area (Å²) < 4.78 is 15.7. The van der Waals surface area contributed by atoms with Crippen molar-refractivity contribution in [1.29, 1.82) is 0 Å². The molecule has 0 aromatic carbocycles. The third-order valence-electron chi connectivity index (χ3n) is 2.30. The molecular formula is C11H21N3O3. The molecule has 6 nitrogen and oxygen atoms in total. The van der Waals surface area contributed by atoms with Crippen LogP contribution in [0.15, 0.2) is 4.42 Å². The number of nitrogens with one attached hydrogen (secondary N) is 1. The second-order valence-electron chi connectivity index (χ2n) is 3.60. The molecule has 1 N–H and O–H groups in total. The molecule has 0 aliphatic heterocycles. The molecule has 0 saturated carbocycles. The van der Waals surface area contributed by atoms with Gasteiger partial charge in [-0.05, 0) is 13.0 Å². The highest BCUT2D eigenvalue weighted by atomic mass is 16.5. The minimum absolute atomic E-state index is 0.125. The lowest BCUT2D eigenvalue weighted by atomic mass is 10.2. The number of hydrogen-bond donors (Lipinski definition) is 1. The molecule has 1 heterocycles. The van der Waals surface area contributed by atoms with Crippen LogP contribution in [0, 0.1) is 0 Å². The minimum atomic E-state index is 0.125. The second-order valence-corrected chi connectivity index (χ2v) is 3.60. The standard InChI is InChI=1S/C11H21N3O3/c1-4-9(12-5-2)11-14-13-10(17-11)8-16-7-6-15-3/h9,12H,4-8H2,1-3H3. The summed E-state index contributed by atoms with van der Waals surface area (Å²) in [6, 6.07) is 0.125. The van der Waals surface area contributed by atoms with Crippen molar-refractivity contribution in [3.8, 4) is 0 Å². The number of aromatic nitrogens is 2. The summed E-state index contributed by atoms with van der Waals surface area (Å²) in [6.45, 7) is 6.42. The van der Waals surface area contributed by atoms with Crippen LogP contribution in [0.5, 0.6) is 0 Å². The maximum absolute atomic E-state index is 5.52. The Kier molecular flexibility index (Phi) is 6.76. The lowest BCUT2D eigenvalue weighted by Gasteiger charge is -2.10. The van der Waals surface area contributed by atoms with Gasteiger partial charge >= 0.3 is 0 Å². The summed E-state index contributed by atoms with van der Waals surface area (Å²) in [6.07, 6.45) is 0.917. The Morgan fingerprint density at radius 2 is 2.12 bits per heavy atom. The minimum Gasteiger partial charge on any atom is -0.421 e. The van der Waals surface area contributed by atoms with Crippen LogP contribution in [0.2, 0.25) is 0 Å². The van der Waals surface area contributed by atoms with Crippen LogP contribution in [0.1, 0.15) is 38.1 Å². The van der Waals surface area contributed by atoms with Gasteiger partial charge in [-0.3, -0.25) is 0 Å². The zero-order chi connectivity index (χ0) is 12.5. The van der Waals surface area contributed by atoms with Gasteiger partial charge in [-0.1, -0.05) is 13.8 Å². The Hall–Kier alpha value is -0.980. The summed E-state index contributed by atoms with van der Waals surface area (Å²) in [4.78, 5) is 0. The first kappa shape index (κ1) is 14.1. The maximum atomic E-state index is 5.52. The first-order valence-corrected chi connectivity index (χ1v) is 5.94. The van der Waals surface area contributed by atoms with E-state index in [1.165, 1.54) is 0 Å². The van der Waals surface area contributed by atoms with Crippen molar-refractivity contribution < 1.29 is 13.9 Å². The molecule has 0 radical (unpaired) electrons. The monoisotopic (exact) mass is 243 g/mol. The number of hydrogen-bond acceptors (Lipinski definition) is 6. The Labute approximate surface area is 102 Å². The van der Waals surface area contributed by atoms with Crippen molar-refractivity contribution in [2.45, 2.75) is 32.9 Å². The van der Waals surface area contributed by atoms with Crippen LogP contribution in [-0.2, 0) is 16.1 Å². The number of ether oxygens (including phenoxy) is 2. The van der Waals surface area contributed by atoms with Crippen molar-refractivity contribution >= 4 is 0 Å². The number of methoxy groups -OCH3 is 1. The molecular weight excluding hydrogens is 222 g/mol. The Morgan fingerprint density at radius 1 is 1.29 bits per heavy atom. The highest BCUT2D eigenvalue weighted by molar-refractivity contribution is 4.88. The van der Waals surface area contributed by atoms with Crippen molar-refractivity contribution in [2.75, 3.05) is 26.9 Å². The first-order chi connectivity index (χ1) is 8.31. The van der Waals surface area contributed by atoms with Gasteiger partial charge in [-0.2, -0.15) is 0 Å². The van der Waals surface area contributed by atoms with Crippen LogP contribution in [-0.4, -0.2) is 37.1 Å². The molecule has 6 heteroatoms. The van der Waals surface area contributed by atoms with Crippen molar-refractivity contribution in [3.05, 3.63) is 11.8 Å². The van der Waals surface area contributed by atoms with E-state index in [0.29, 0.717) is 31.6 Å². The van der Waals surface area contributed by atoms with Gasteiger partial charge in [0, 0.05) is 7.11 Å². The van der Waals surface area contributed by atoms with E-state index in [2.05, 4.69) is 22.4 Å². The highest BCUT2D eigenvalue weighted by Crippen LogP contribution is 2.14. The normalized spacial score (nSPS) is 12.9. The third kappa shape index (κ3) is 4.80. The molecule has 0 aliphatic carbocycles. The number of rotatable bonds is 9. The van der Waals surface area contributed by atoms with Crippen LogP contribution in [0.3, 0.4) is 0 Å². The van der Waals surface area contributed by atoms with E-state index in [1.807, 2.05) is 6.92 Å². The topological polar surface area (TPSA) is 69.4 Å². The summed E-state index contributed by atoms with van der Waals surface area (Å²) in [5.74, 6) is 1.13. The fourth-order valence-electron chi connectivity index (χ4n) is 1.42. The van der Waals surface area contributed by atoms with Gasteiger partial charge in [-0.15, -0.1) is 10.2 Å². The lowest BCUT2D eigenvalue weighted by Crippen LogP contribution is -2.20. The molecule has 0 saturated heterocycles. The van der Waals surface area contributed by atoms with E-state index in [9.17, 15) is 0 Å². The lowest BCUT2D eigenvalue weighted by molar-refractivity contribution is 0.0510. The maximum Gasteiger partial charge on any atom is 0.242 e. The molecule has 0 spiro atoms. The van der Waals surface area contributed by atoms with Gasteiger partial charge in [-0.25, -0.2) is 0 Å². The highest BCUT2D eigenvalue weighted by Gasteiger charge is 2.15.